The summed E-state index contributed by atoms with van der Waals surface area (Å²) in [6.07, 6.45) is 0. The van der Waals surface area contributed by atoms with E-state index >= 15 is 0 Å². The number of carbonyl (C=O) groups is 3. The monoisotopic (exact) mass is 256 g/mol. The normalized spacial score (nSPS) is 17.8. The number of nitrogens with zero attached hydrogens (tertiary/aromatic N) is 1. The topological polar surface area (TPSA) is 90.5 Å². The van der Waals surface area contributed by atoms with E-state index < -0.39 is 11.6 Å². The van der Waals surface area contributed by atoms with Crippen molar-refractivity contribution in [3.63, 3.8) is 0 Å². The van der Waals surface area contributed by atoms with Crippen molar-refractivity contribution in [2.45, 2.75) is 26.3 Å². The Morgan fingerprint density at radius 3 is 2.50 bits per heavy atom. The predicted octanol–water partition coefficient (Wildman–Crippen LogP) is -0.957. The van der Waals surface area contributed by atoms with Crippen LogP contribution in [0.3, 0.4) is 0 Å². The second-order valence-corrected chi connectivity index (χ2v) is 4.61. The number of rotatable bonds is 6. The summed E-state index contributed by atoms with van der Waals surface area (Å²) in [6.45, 7) is 7.10. The highest BCUT2D eigenvalue weighted by molar-refractivity contribution is 6.07. The summed E-state index contributed by atoms with van der Waals surface area (Å²) >= 11 is 0. The van der Waals surface area contributed by atoms with Crippen molar-refractivity contribution < 1.29 is 14.4 Å². The average Bonchev–Trinajstić information content (AvgIpc) is 2.48. The summed E-state index contributed by atoms with van der Waals surface area (Å²) in [5.74, 6) is -0.654. The Labute approximate surface area is 106 Å². The average molecular weight is 256 g/mol. The molecule has 1 saturated heterocycles. The van der Waals surface area contributed by atoms with Gasteiger partial charge in [-0.3, -0.25) is 14.9 Å². The standard InChI is InChI=1S/C11H20N4O3/c1-4-12-5-6-13-8(16)7-15-10(18)14-9(17)11(15,2)3/h12H,4-7H2,1-3H3,(H,13,16)(H,14,17,18). The zero-order chi connectivity index (χ0) is 13.8. The van der Waals surface area contributed by atoms with Crippen LogP contribution in [0, 0.1) is 0 Å². The fraction of sp³-hybridized carbons (Fsp3) is 0.727. The van der Waals surface area contributed by atoms with E-state index in [0.717, 1.165) is 6.54 Å². The third-order valence-corrected chi connectivity index (χ3v) is 2.87. The molecule has 0 aromatic rings. The number of amides is 4. The molecule has 1 heterocycles. The zero-order valence-electron chi connectivity index (χ0n) is 11.0. The first-order valence-corrected chi connectivity index (χ1v) is 6.00. The first-order valence-electron chi connectivity index (χ1n) is 6.00. The van der Waals surface area contributed by atoms with Crippen LogP contribution in [-0.4, -0.2) is 54.5 Å². The van der Waals surface area contributed by atoms with E-state index in [0.29, 0.717) is 13.1 Å². The van der Waals surface area contributed by atoms with Crippen molar-refractivity contribution in [3.8, 4) is 0 Å². The highest BCUT2D eigenvalue weighted by atomic mass is 16.2. The molecule has 102 valence electrons. The molecule has 0 aliphatic carbocycles. The molecule has 0 aromatic carbocycles. The van der Waals surface area contributed by atoms with Crippen LogP contribution in [0.1, 0.15) is 20.8 Å². The Kier molecular flexibility index (Phi) is 4.66. The van der Waals surface area contributed by atoms with Crippen LogP contribution >= 0.6 is 0 Å². The Balaban J connectivity index is 2.44. The van der Waals surface area contributed by atoms with Gasteiger partial charge < -0.3 is 15.5 Å². The first-order chi connectivity index (χ1) is 8.39. The Morgan fingerprint density at radius 1 is 1.33 bits per heavy atom. The largest absolute Gasteiger partial charge is 0.353 e. The molecule has 0 atom stereocenters. The molecule has 1 rings (SSSR count). The molecular formula is C11H20N4O3. The van der Waals surface area contributed by atoms with E-state index in [9.17, 15) is 14.4 Å². The Morgan fingerprint density at radius 2 is 2.00 bits per heavy atom. The first kappa shape index (κ1) is 14.4. The Hall–Kier alpha value is -1.63. The van der Waals surface area contributed by atoms with Crippen molar-refractivity contribution >= 4 is 17.8 Å². The highest BCUT2D eigenvalue weighted by Gasteiger charge is 2.46. The van der Waals surface area contributed by atoms with Gasteiger partial charge in [0.1, 0.15) is 12.1 Å². The van der Waals surface area contributed by atoms with Crippen LogP contribution in [0.2, 0.25) is 0 Å². The molecule has 3 N–H and O–H groups in total. The van der Waals surface area contributed by atoms with Gasteiger partial charge in [0.25, 0.3) is 5.91 Å². The lowest BCUT2D eigenvalue weighted by atomic mass is 10.0. The lowest BCUT2D eigenvalue weighted by Crippen LogP contribution is -2.49. The Bertz CT molecular complexity index is 354. The number of likely N-dealkylation sites (N-methyl/N-ethyl adjacent to an activating group) is 1. The van der Waals surface area contributed by atoms with Gasteiger partial charge in [0.05, 0.1) is 0 Å². The van der Waals surface area contributed by atoms with Gasteiger partial charge in [0.2, 0.25) is 5.91 Å². The number of urea groups is 1. The van der Waals surface area contributed by atoms with E-state index in [1.165, 1.54) is 4.90 Å². The SMILES string of the molecule is CCNCCNC(=O)CN1C(=O)NC(=O)C1(C)C. The van der Waals surface area contributed by atoms with E-state index in [4.69, 9.17) is 0 Å². The van der Waals surface area contributed by atoms with Crippen LogP contribution in [0.25, 0.3) is 0 Å². The fourth-order valence-electron chi connectivity index (χ4n) is 1.63. The van der Waals surface area contributed by atoms with Crippen LogP contribution in [-0.2, 0) is 9.59 Å². The van der Waals surface area contributed by atoms with Crippen LogP contribution in [0.4, 0.5) is 4.79 Å². The molecule has 0 aromatic heterocycles. The molecule has 0 unspecified atom stereocenters. The molecular weight excluding hydrogens is 236 g/mol. The molecule has 1 aliphatic rings. The number of carbonyl (C=O) groups excluding carboxylic acids is 3. The van der Waals surface area contributed by atoms with E-state index in [-0.39, 0.29) is 18.4 Å². The molecule has 0 bridgehead atoms. The summed E-state index contributed by atoms with van der Waals surface area (Å²) in [7, 11) is 0. The zero-order valence-corrected chi connectivity index (χ0v) is 11.0. The number of hydrogen-bond acceptors (Lipinski definition) is 4. The minimum Gasteiger partial charge on any atom is -0.353 e. The van der Waals surface area contributed by atoms with Gasteiger partial charge in [0, 0.05) is 13.1 Å². The van der Waals surface area contributed by atoms with E-state index in [1.54, 1.807) is 13.8 Å². The molecule has 0 saturated carbocycles. The van der Waals surface area contributed by atoms with E-state index in [1.807, 2.05) is 6.92 Å². The summed E-state index contributed by atoms with van der Waals surface area (Å²) in [6, 6.07) is -0.521. The maximum Gasteiger partial charge on any atom is 0.325 e. The summed E-state index contributed by atoms with van der Waals surface area (Å²) in [5, 5.41) is 7.95. The minimum atomic E-state index is -0.976. The molecule has 7 heteroatoms. The smallest absolute Gasteiger partial charge is 0.325 e. The molecule has 7 nitrogen and oxygen atoms in total. The minimum absolute atomic E-state index is 0.114. The fourth-order valence-corrected chi connectivity index (χ4v) is 1.63. The van der Waals surface area contributed by atoms with E-state index in [2.05, 4.69) is 16.0 Å². The lowest BCUT2D eigenvalue weighted by molar-refractivity contribution is -0.127. The third kappa shape index (κ3) is 3.19. The van der Waals surface area contributed by atoms with Crippen LogP contribution in [0.15, 0.2) is 0 Å². The summed E-state index contributed by atoms with van der Waals surface area (Å²) in [4.78, 5) is 35.9. The van der Waals surface area contributed by atoms with Gasteiger partial charge in [-0.15, -0.1) is 0 Å². The molecule has 0 radical (unpaired) electrons. The number of hydrogen-bond donors (Lipinski definition) is 3. The molecule has 18 heavy (non-hydrogen) atoms. The van der Waals surface area contributed by atoms with Gasteiger partial charge in [-0.1, -0.05) is 6.92 Å². The summed E-state index contributed by atoms with van der Waals surface area (Å²) < 4.78 is 0. The quantitative estimate of drug-likeness (QED) is 0.422. The predicted molar refractivity (Wildman–Crippen MR) is 65.9 cm³/mol. The second kappa shape index (κ2) is 5.81. The maximum atomic E-state index is 11.6. The molecule has 1 aliphatic heterocycles. The highest BCUT2D eigenvalue weighted by Crippen LogP contribution is 2.19. The maximum absolute atomic E-state index is 11.6. The second-order valence-electron chi connectivity index (χ2n) is 4.61. The van der Waals surface area contributed by atoms with Crippen molar-refractivity contribution in [1.29, 1.82) is 0 Å². The summed E-state index contributed by atoms with van der Waals surface area (Å²) in [5.41, 5.74) is -0.976. The van der Waals surface area contributed by atoms with Crippen molar-refractivity contribution in [3.05, 3.63) is 0 Å². The van der Waals surface area contributed by atoms with Crippen LogP contribution < -0.4 is 16.0 Å². The van der Waals surface area contributed by atoms with Crippen LogP contribution in [0.5, 0.6) is 0 Å². The molecule has 1 fully saturated rings. The van der Waals surface area contributed by atoms with Gasteiger partial charge in [-0.25, -0.2) is 4.79 Å². The van der Waals surface area contributed by atoms with Gasteiger partial charge >= 0.3 is 6.03 Å². The molecule has 0 spiro atoms. The lowest BCUT2D eigenvalue weighted by Gasteiger charge is -2.27. The number of nitrogens with one attached hydrogen (secondary N) is 3. The van der Waals surface area contributed by atoms with Gasteiger partial charge in [-0.05, 0) is 20.4 Å². The van der Waals surface area contributed by atoms with Crippen molar-refractivity contribution in [2.75, 3.05) is 26.2 Å². The van der Waals surface area contributed by atoms with Crippen molar-refractivity contribution in [1.82, 2.24) is 20.9 Å². The van der Waals surface area contributed by atoms with Gasteiger partial charge in [0.15, 0.2) is 0 Å². The van der Waals surface area contributed by atoms with Gasteiger partial charge in [-0.2, -0.15) is 0 Å². The molecule has 4 amide bonds. The van der Waals surface area contributed by atoms with Crippen molar-refractivity contribution in [2.24, 2.45) is 0 Å². The third-order valence-electron chi connectivity index (χ3n) is 2.87. The number of imide groups is 1.